The van der Waals surface area contributed by atoms with Crippen LogP contribution < -0.4 is 11.5 Å². The van der Waals surface area contributed by atoms with Gasteiger partial charge < -0.3 is 10.2 Å². The van der Waals surface area contributed by atoms with Crippen LogP contribution in [0.15, 0.2) is 39.5 Å². The molecule has 4 nitrogen and oxygen atoms in total. The Kier molecular flexibility index (Phi) is 2.80. The highest BCUT2D eigenvalue weighted by Gasteiger charge is 2.13. The van der Waals surface area contributed by atoms with E-state index in [-0.39, 0.29) is 11.8 Å². The summed E-state index contributed by atoms with van der Waals surface area (Å²) in [6.07, 6.45) is 0. The van der Waals surface area contributed by atoms with Crippen LogP contribution in [0.3, 0.4) is 0 Å². The second-order valence-corrected chi connectivity index (χ2v) is 5.90. The number of benzene rings is 1. The van der Waals surface area contributed by atoms with Crippen molar-refractivity contribution in [2.75, 3.05) is 0 Å². The molecule has 5 heteroatoms. The molecule has 19 heavy (non-hydrogen) atoms. The average molecular weight is 274 g/mol. The Labute approximate surface area is 114 Å². The Balaban J connectivity index is 2.08. The molecule has 0 bridgehead atoms. The third kappa shape index (κ3) is 2.01. The number of oxazole rings is 1. The fourth-order valence-electron chi connectivity index (χ4n) is 2.13. The van der Waals surface area contributed by atoms with Gasteiger partial charge in [0.2, 0.25) is 0 Å². The van der Waals surface area contributed by atoms with Crippen LogP contribution in [-0.4, -0.2) is 4.57 Å². The van der Waals surface area contributed by atoms with Gasteiger partial charge in [-0.25, -0.2) is 4.79 Å². The van der Waals surface area contributed by atoms with Gasteiger partial charge in [0, 0.05) is 16.8 Å². The van der Waals surface area contributed by atoms with E-state index in [2.05, 4.69) is 13.0 Å². The van der Waals surface area contributed by atoms with Crippen molar-refractivity contribution in [2.45, 2.75) is 13.0 Å². The number of hydrogen-bond donors (Lipinski definition) is 1. The number of nitrogens with two attached hydrogens (primary N) is 1. The Bertz CT molecular complexity index is 797. The lowest BCUT2D eigenvalue weighted by atomic mass is 10.1. The number of aromatic nitrogens is 1. The van der Waals surface area contributed by atoms with E-state index < -0.39 is 0 Å². The molecule has 1 atom stereocenters. The molecule has 0 saturated carbocycles. The first kappa shape index (κ1) is 12.2. The van der Waals surface area contributed by atoms with Gasteiger partial charge in [-0.15, -0.1) is 11.3 Å². The first-order valence-corrected chi connectivity index (χ1v) is 6.79. The van der Waals surface area contributed by atoms with Crippen molar-refractivity contribution < 1.29 is 4.42 Å². The van der Waals surface area contributed by atoms with Crippen LogP contribution in [0, 0.1) is 6.92 Å². The zero-order valence-electron chi connectivity index (χ0n) is 10.7. The Morgan fingerprint density at radius 3 is 2.79 bits per heavy atom. The topological polar surface area (TPSA) is 61.2 Å². The molecular weight excluding hydrogens is 260 g/mol. The van der Waals surface area contributed by atoms with Crippen LogP contribution in [0.2, 0.25) is 0 Å². The van der Waals surface area contributed by atoms with Crippen LogP contribution in [0.1, 0.15) is 21.4 Å². The van der Waals surface area contributed by atoms with Crippen LogP contribution in [-0.2, 0) is 7.05 Å². The molecule has 2 heterocycles. The minimum Gasteiger partial charge on any atom is -0.408 e. The Morgan fingerprint density at radius 2 is 2.11 bits per heavy atom. The van der Waals surface area contributed by atoms with Crippen LogP contribution in [0.25, 0.3) is 11.1 Å². The third-order valence-corrected chi connectivity index (χ3v) is 4.33. The van der Waals surface area contributed by atoms with Gasteiger partial charge >= 0.3 is 5.76 Å². The second-order valence-electron chi connectivity index (χ2n) is 4.58. The maximum atomic E-state index is 11.5. The minimum absolute atomic E-state index is 0.186. The normalized spacial score (nSPS) is 13.0. The number of thiophene rings is 1. The fraction of sp³-hybridized carbons (Fsp3) is 0.214. The molecule has 0 spiro atoms. The van der Waals surface area contributed by atoms with Crippen LogP contribution in [0.4, 0.5) is 0 Å². The number of fused-ring (bicyclic) bond motifs is 1. The van der Waals surface area contributed by atoms with Crippen molar-refractivity contribution in [2.24, 2.45) is 12.8 Å². The summed E-state index contributed by atoms with van der Waals surface area (Å²) in [5.41, 5.74) is 8.56. The lowest BCUT2D eigenvalue weighted by molar-refractivity contribution is 0.527. The molecule has 0 radical (unpaired) electrons. The largest absolute Gasteiger partial charge is 0.419 e. The molecule has 3 rings (SSSR count). The molecule has 0 aliphatic rings. The van der Waals surface area contributed by atoms with Gasteiger partial charge in [0.1, 0.15) is 0 Å². The van der Waals surface area contributed by atoms with Gasteiger partial charge in [0.05, 0.1) is 11.6 Å². The van der Waals surface area contributed by atoms with E-state index in [4.69, 9.17) is 10.2 Å². The molecular formula is C14H14N2O2S. The predicted molar refractivity (Wildman–Crippen MR) is 76.5 cm³/mol. The number of aryl methyl sites for hydroxylation is 2. The maximum absolute atomic E-state index is 11.5. The monoisotopic (exact) mass is 274 g/mol. The highest BCUT2D eigenvalue weighted by molar-refractivity contribution is 7.12. The smallest absolute Gasteiger partial charge is 0.408 e. The van der Waals surface area contributed by atoms with Crippen molar-refractivity contribution in [3.8, 4) is 0 Å². The van der Waals surface area contributed by atoms with Crippen molar-refractivity contribution >= 4 is 22.4 Å². The van der Waals surface area contributed by atoms with E-state index in [1.54, 1.807) is 18.4 Å². The highest BCUT2D eigenvalue weighted by Crippen LogP contribution is 2.28. The van der Waals surface area contributed by atoms with E-state index in [1.165, 1.54) is 9.44 Å². The van der Waals surface area contributed by atoms with E-state index in [1.807, 2.05) is 24.3 Å². The fourth-order valence-corrected chi connectivity index (χ4v) is 3.04. The summed E-state index contributed by atoms with van der Waals surface area (Å²) in [6, 6.07) is 9.56. The standard InChI is InChI=1S/C14H14N2O2S/c1-8-3-6-12(19-8)13(15)9-4-5-10-11(7-9)18-14(17)16(10)2/h3-7,13H,15H2,1-2H3. The first-order valence-electron chi connectivity index (χ1n) is 5.97. The molecule has 98 valence electrons. The van der Waals surface area contributed by atoms with Crippen molar-refractivity contribution in [3.05, 3.63) is 56.2 Å². The van der Waals surface area contributed by atoms with Gasteiger partial charge in [-0.2, -0.15) is 0 Å². The molecule has 2 aromatic heterocycles. The quantitative estimate of drug-likeness (QED) is 0.781. The molecule has 0 aliphatic carbocycles. The lowest BCUT2D eigenvalue weighted by Gasteiger charge is -2.09. The number of rotatable bonds is 2. The minimum atomic E-state index is -0.354. The number of nitrogens with zero attached hydrogens (tertiary/aromatic N) is 1. The van der Waals surface area contributed by atoms with Crippen LogP contribution >= 0.6 is 11.3 Å². The summed E-state index contributed by atoms with van der Waals surface area (Å²) in [7, 11) is 1.69. The molecule has 0 aliphatic heterocycles. The van der Waals surface area contributed by atoms with Gasteiger partial charge in [-0.3, -0.25) is 4.57 Å². The molecule has 0 saturated heterocycles. The maximum Gasteiger partial charge on any atom is 0.419 e. The van der Waals surface area contributed by atoms with E-state index in [0.29, 0.717) is 5.58 Å². The predicted octanol–water partition coefficient (Wildman–Crippen LogP) is 2.55. The van der Waals surface area contributed by atoms with Crippen molar-refractivity contribution in [1.82, 2.24) is 4.57 Å². The summed E-state index contributed by atoms with van der Waals surface area (Å²) in [6.45, 7) is 2.06. The molecule has 1 unspecified atom stereocenters. The summed E-state index contributed by atoms with van der Waals surface area (Å²) in [4.78, 5) is 13.8. The molecule has 0 fully saturated rings. The lowest BCUT2D eigenvalue weighted by Crippen LogP contribution is -2.10. The van der Waals surface area contributed by atoms with Gasteiger partial charge in [-0.1, -0.05) is 6.07 Å². The molecule has 0 amide bonds. The molecule has 2 N–H and O–H groups in total. The first-order chi connectivity index (χ1) is 9.06. The van der Waals surface area contributed by atoms with Crippen molar-refractivity contribution in [1.29, 1.82) is 0 Å². The van der Waals surface area contributed by atoms with Crippen LogP contribution in [0.5, 0.6) is 0 Å². The Morgan fingerprint density at radius 1 is 1.32 bits per heavy atom. The van der Waals surface area contributed by atoms with Crippen molar-refractivity contribution in [3.63, 3.8) is 0 Å². The average Bonchev–Trinajstić information content (AvgIpc) is 2.94. The van der Waals surface area contributed by atoms with E-state index >= 15 is 0 Å². The number of hydrogen-bond acceptors (Lipinski definition) is 4. The zero-order valence-corrected chi connectivity index (χ0v) is 11.5. The van der Waals surface area contributed by atoms with E-state index in [0.717, 1.165) is 16.0 Å². The summed E-state index contributed by atoms with van der Waals surface area (Å²) >= 11 is 1.68. The van der Waals surface area contributed by atoms with Gasteiger partial charge in [0.15, 0.2) is 5.58 Å². The second kappa shape index (κ2) is 4.36. The SMILES string of the molecule is Cc1ccc(C(N)c2ccc3c(c2)oc(=O)n3C)s1. The summed E-state index contributed by atoms with van der Waals surface area (Å²) < 4.78 is 6.67. The third-order valence-electron chi connectivity index (χ3n) is 3.24. The zero-order chi connectivity index (χ0) is 13.6. The summed E-state index contributed by atoms with van der Waals surface area (Å²) in [5.74, 6) is -0.354. The summed E-state index contributed by atoms with van der Waals surface area (Å²) in [5, 5.41) is 0. The molecule has 3 aromatic rings. The van der Waals surface area contributed by atoms with Gasteiger partial charge in [-0.05, 0) is 36.8 Å². The van der Waals surface area contributed by atoms with Gasteiger partial charge in [0.25, 0.3) is 0 Å². The van der Waals surface area contributed by atoms with E-state index in [9.17, 15) is 4.79 Å². The Hall–Kier alpha value is -1.85. The highest BCUT2D eigenvalue weighted by atomic mass is 32.1. The molecule has 1 aromatic carbocycles.